The standard InChI is InChI=1S/C16H14N2O3/c1-9-5-10(3-4-14(9)19)11-6-12-13(16(20)21-2)8-18-15(12)17-7-11/h3-8,19H,1-2H3,(H,17,18). The van der Waals surface area contributed by atoms with Crippen LogP contribution in [0.15, 0.2) is 36.7 Å². The number of nitrogens with one attached hydrogen (secondary N) is 1. The van der Waals surface area contributed by atoms with E-state index in [2.05, 4.69) is 9.97 Å². The normalized spacial score (nSPS) is 10.8. The lowest BCUT2D eigenvalue weighted by Gasteiger charge is -2.05. The molecule has 21 heavy (non-hydrogen) atoms. The van der Waals surface area contributed by atoms with Crippen molar-refractivity contribution in [2.24, 2.45) is 0 Å². The van der Waals surface area contributed by atoms with Crippen LogP contribution in [-0.2, 0) is 4.74 Å². The van der Waals surface area contributed by atoms with Gasteiger partial charge in [0, 0.05) is 23.3 Å². The zero-order chi connectivity index (χ0) is 15.0. The Kier molecular flexibility index (Phi) is 3.10. The van der Waals surface area contributed by atoms with E-state index >= 15 is 0 Å². The first kappa shape index (κ1) is 13.2. The van der Waals surface area contributed by atoms with Crippen LogP contribution >= 0.6 is 0 Å². The Balaban J connectivity index is 2.15. The number of phenols is 1. The number of benzene rings is 1. The zero-order valence-electron chi connectivity index (χ0n) is 11.7. The van der Waals surface area contributed by atoms with Gasteiger partial charge in [0.05, 0.1) is 12.7 Å². The van der Waals surface area contributed by atoms with Crippen molar-refractivity contribution in [3.8, 4) is 16.9 Å². The van der Waals surface area contributed by atoms with Gasteiger partial charge in [0.1, 0.15) is 11.4 Å². The van der Waals surface area contributed by atoms with Gasteiger partial charge < -0.3 is 14.8 Å². The van der Waals surface area contributed by atoms with Crippen molar-refractivity contribution < 1.29 is 14.6 Å². The van der Waals surface area contributed by atoms with E-state index < -0.39 is 5.97 Å². The highest BCUT2D eigenvalue weighted by Gasteiger charge is 2.14. The van der Waals surface area contributed by atoms with Crippen LogP contribution in [0.25, 0.3) is 22.2 Å². The van der Waals surface area contributed by atoms with E-state index in [1.165, 1.54) is 7.11 Å². The van der Waals surface area contributed by atoms with Crippen LogP contribution in [0.3, 0.4) is 0 Å². The summed E-state index contributed by atoms with van der Waals surface area (Å²) in [5, 5.41) is 10.3. The van der Waals surface area contributed by atoms with Crippen LogP contribution in [0.4, 0.5) is 0 Å². The molecule has 0 spiro atoms. The van der Waals surface area contributed by atoms with Gasteiger partial charge in [-0.25, -0.2) is 9.78 Å². The van der Waals surface area contributed by atoms with Crippen LogP contribution in [0.5, 0.6) is 5.75 Å². The summed E-state index contributed by atoms with van der Waals surface area (Å²) in [6.45, 7) is 1.83. The molecule has 0 amide bonds. The molecule has 5 heteroatoms. The monoisotopic (exact) mass is 282 g/mol. The van der Waals surface area contributed by atoms with Gasteiger partial charge in [-0.05, 0) is 36.2 Å². The number of pyridine rings is 1. The number of esters is 1. The Hall–Kier alpha value is -2.82. The number of rotatable bonds is 2. The maximum atomic E-state index is 11.7. The molecule has 0 aliphatic carbocycles. The number of aromatic nitrogens is 2. The van der Waals surface area contributed by atoms with Gasteiger partial charge in [-0.3, -0.25) is 0 Å². The van der Waals surface area contributed by atoms with Gasteiger partial charge in [0.25, 0.3) is 0 Å². The molecular weight excluding hydrogens is 268 g/mol. The second kappa shape index (κ2) is 4.94. The van der Waals surface area contributed by atoms with Crippen molar-refractivity contribution in [2.45, 2.75) is 6.92 Å². The lowest BCUT2D eigenvalue weighted by atomic mass is 10.0. The molecule has 5 nitrogen and oxygen atoms in total. The number of methoxy groups -OCH3 is 1. The highest BCUT2D eigenvalue weighted by Crippen LogP contribution is 2.28. The molecule has 0 bridgehead atoms. The molecule has 106 valence electrons. The molecule has 0 saturated heterocycles. The van der Waals surface area contributed by atoms with Gasteiger partial charge in [-0.2, -0.15) is 0 Å². The smallest absolute Gasteiger partial charge is 0.340 e. The van der Waals surface area contributed by atoms with Crippen LogP contribution in [0.1, 0.15) is 15.9 Å². The van der Waals surface area contributed by atoms with Crippen molar-refractivity contribution in [1.82, 2.24) is 9.97 Å². The zero-order valence-corrected chi connectivity index (χ0v) is 11.7. The third-order valence-corrected chi connectivity index (χ3v) is 3.47. The van der Waals surface area contributed by atoms with E-state index in [-0.39, 0.29) is 5.75 Å². The van der Waals surface area contributed by atoms with E-state index in [0.717, 1.165) is 16.7 Å². The number of hydrogen-bond donors (Lipinski definition) is 2. The summed E-state index contributed by atoms with van der Waals surface area (Å²) in [7, 11) is 1.35. The molecule has 0 atom stereocenters. The van der Waals surface area contributed by atoms with Crippen molar-refractivity contribution in [2.75, 3.05) is 7.11 Å². The number of aromatic hydroxyl groups is 1. The first-order valence-electron chi connectivity index (χ1n) is 6.45. The number of nitrogens with zero attached hydrogens (tertiary/aromatic N) is 1. The van der Waals surface area contributed by atoms with Gasteiger partial charge in [-0.15, -0.1) is 0 Å². The molecule has 0 aliphatic heterocycles. The summed E-state index contributed by atoms with van der Waals surface area (Å²) >= 11 is 0. The maximum Gasteiger partial charge on any atom is 0.340 e. The highest BCUT2D eigenvalue weighted by atomic mass is 16.5. The number of fused-ring (bicyclic) bond motifs is 1. The number of aromatic amines is 1. The Labute approximate surface area is 121 Å². The topological polar surface area (TPSA) is 75.2 Å². The third kappa shape index (κ3) is 2.23. The van der Waals surface area contributed by atoms with Crippen molar-refractivity contribution in [3.63, 3.8) is 0 Å². The fourth-order valence-electron chi connectivity index (χ4n) is 2.28. The lowest BCUT2D eigenvalue weighted by Crippen LogP contribution is -1.99. The van der Waals surface area contributed by atoms with E-state index in [4.69, 9.17) is 4.74 Å². The number of carbonyl (C=O) groups is 1. The average molecular weight is 282 g/mol. The molecule has 2 aromatic heterocycles. The summed E-state index contributed by atoms with van der Waals surface area (Å²) in [4.78, 5) is 19.0. The fraction of sp³-hybridized carbons (Fsp3) is 0.125. The lowest BCUT2D eigenvalue weighted by molar-refractivity contribution is 0.0603. The van der Waals surface area contributed by atoms with Gasteiger partial charge in [-0.1, -0.05) is 6.07 Å². The van der Waals surface area contributed by atoms with E-state index in [1.54, 1.807) is 18.5 Å². The van der Waals surface area contributed by atoms with Gasteiger partial charge in [0.15, 0.2) is 0 Å². The second-order valence-electron chi connectivity index (χ2n) is 4.82. The number of aryl methyl sites for hydroxylation is 1. The van der Waals surface area contributed by atoms with Crippen molar-refractivity contribution in [1.29, 1.82) is 0 Å². The molecular formula is C16H14N2O3. The largest absolute Gasteiger partial charge is 0.508 e. The molecule has 2 N–H and O–H groups in total. The molecule has 0 saturated carbocycles. The third-order valence-electron chi connectivity index (χ3n) is 3.47. The van der Waals surface area contributed by atoms with Crippen LogP contribution in [0.2, 0.25) is 0 Å². The van der Waals surface area contributed by atoms with Gasteiger partial charge in [0.2, 0.25) is 0 Å². The van der Waals surface area contributed by atoms with Crippen LogP contribution in [0, 0.1) is 6.92 Å². The molecule has 0 unspecified atom stereocenters. The summed E-state index contributed by atoms with van der Waals surface area (Å²) in [5.74, 6) is -0.147. The van der Waals surface area contributed by atoms with Crippen LogP contribution < -0.4 is 0 Å². The minimum Gasteiger partial charge on any atom is -0.508 e. The van der Waals surface area contributed by atoms with E-state index in [0.29, 0.717) is 16.6 Å². The Bertz CT molecular complexity index is 837. The number of hydrogen-bond acceptors (Lipinski definition) is 4. The predicted molar refractivity (Wildman–Crippen MR) is 79.3 cm³/mol. The number of H-pyrrole nitrogens is 1. The minimum absolute atomic E-state index is 0.254. The second-order valence-corrected chi connectivity index (χ2v) is 4.82. The number of carbonyl (C=O) groups excluding carboxylic acids is 1. The fourth-order valence-corrected chi connectivity index (χ4v) is 2.28. The molecule has 3 rings (SSSR count). The first-order chi connectivity index (χ1) is 10.1. The quantitative estimate of drug-likeness (QED) is 0.708. The molecule has 0 aliphatic rings. The Morgan fingerprint density at radius 3 is 2.81 bits per heavy atom. The van der Waals surface area contributed by atoms with Crippen molar-refractivity contribution in [3.05, 3.63) is 47.8 Å². The highest BCUT2D eigenvalue weighted by molar-refractivity contribution is 6.04. The van der Waals surface area contributed by atoms with E-state index in [1.807, 2.05) is 25.1 Å². The number of ether oxygens (including phenoxy) is 1. The molecule has 0 radical (unpaired) electrons. The molecule has 2 heterocycles. The van der Waals surface area contributed by atoms with E-state index in [9.17, 15) is 9.90 Å². The Morgan fingerprint density at radius 1 is 1.29 bits per heavy atom. The predicted octanol–water partition coefficient (Wildman–Crippen LogP) is 3.03. The number of phenolic OH excluding ortho intramolecular Hbond substituents is 1. The van der Waals surface area contributed by atoms with Gasteiger partial charge >= 0.3 is 5.97 Å². The SMILES string of the molecule is COC(=O)c1c[nH]c2ncc(-c3ccc(O)c(C)c3)cc12. The first-order valence-corrected chi connectivity index (χ1v) is 6.45. The summed E-state index contributed by atoms with van der Waals surface area (Å²) in [6, 6.07) is 7.22. The maximum absolute atomic E-state index is 11.7. The molecule has 3 aromatic rings. The Morgan fingerprint density at radius 2 is 2.10 bits per heavy atom. The summed E-state index contributed by atoms with van der Waals surface area (Å²) < 4.78 is 4.76. The molecule has 0 fully saturated rings. The molecule has 1 aromatic carbocycles. The summed E-state index contributed by atoms with van der Waals surface area (Å²) in [5.41, 5.74) is 3.67. The summed E-state index contributed by atoms with van der Waals surface area (Å²) in [6.07, 6.45) is 3.32. The van der Waals surface area contributed by atoms with Crippen LogP contribution in [-0.4, -0.2) is 28.2 Å². The van der Waals surface area contributed by atoms with Crippen molar-refractivity contribution >= 4 is 17.0 Å². The average Bonchev–Trinajstić information content (AvgIpc) is 2.92. The minimum atomic E-state index is -0.401.